The van der Waals surface area contributed by atoms with Crippen molar-refractivity contribution in [2.45, 2.75) is 44.9 Å². The quantitative estimate of drug-likeness (QED) is 0.279. The third kappa shape index (κ3) is 5.47. The van der Waals surface area contributed by atoms with E-state index < -0.39 is 5.82 Å². The fourth-order valence-corrected chi connectivity index (χ4v) is 6.57. The number of hydrogen-bond acceptors (Lipinski definition) is 7. The SMILES string of the molecule is C=CC(=O)N1C[C@H](C)N(c2nc(OC3CCN(C)CC3)nc3c(F)c(-c4cc(O)cc5ccccc45)c(Cl)cc23)C[C@H]1C. The summed E-state index contributed by atoms with van der Waals surface area (Å²) in [6.45, 7) is 10.3. The molecule has 0 spiro atoms. The van der Waals surface area contributed by atoms with Gasteiger partial charge in [-0.05, 0) is 74.3 Å². The van der Waals surface area contributed by atoms with Crippen LogP contribution >= 0.6 is 11.6 Å². The van der Waals surface area contributed by atoms with Gasteiger partial charge in [0.05, 0.1) is 5.02 Å². The lowest BCUT2D eigenvalue weighted by Crippen LogP contribution is -2.58. The number of nitrogens with zero attached hydrogens (tertiary/aromatic N) is 5. The Morgan fingerprint density at radius 2 is 1.84 bits per heavy atom. The summed E-state index contributed by atoms with van der Waals surface area (Å²) in [6, 6.07) is 12.2. The zero-order valence-electron chi connectivity index (χ0n) is 24.6. The summed E-state index contributed by atoms with van der Waals surface area (Å²) >= 11 is 6.87. The molecule has 224 valence electrons. The van der Waals surface area contributed by atoms with Gasteiger partial charge < -0.3 is 24.5 Å². The Morgan fingerprint density at radius 3 is 2.58 bits per heavy atom. The normalized spacial score (nSPS) is 20.1. The number of phenols is 1. The Bertz CT molecular complexity index is 1720. The van der Waals surface area contributed by atoms with Crippen LogP contribution in [0, 0.1) is 5.82 Å². The summed E-state index contributed by atoms with van der Waals surface area (Å²) in [7, 11) is 2.08. The molecule has 2 aliphatic heterocycles. The van der Waals surface area contributed by atoms with Crippen LogP contribution in [-0.2, 0) is 4.79 Å². The van der Waals surface area contributed by atoms with E-state index in [1.54, 1.807) is 17.0 Å². The second kappa shape index (κ2) is 11.6. The number of fused-ring (bicyclic) bond motifs is 2. The molecular formula is C33H35ClFN5O3. The Kier molecular flexibility index (Phi) is 7.87. The van der Waals surface area contributed by atoms with Crippen LogP contribution in [0.25, 0.3) is 32.8 Å². The Morgan fingerprint density at radius 1 is 1.09 bits per heavy atom. The van der Waals surface area contributed by atoms with Gasteiger partial charge in [0.1, 0.15) is 23.2 Å². The number of piperazine rings is 1. The zero-order chi connectivity index (χ0) is 30.4. The highest BCUT2D eigenvalue weighted by Crippen LogP contribution is 2.43. The Labute approximate surface area is 255 Å². The van der Waals surface area contributed by atoms with Crippen molar-refractivity contribution in [2.24, 2.45) is 0 Å². The minimum absolute atomic E-state index is 0.00804. The maximum absolute atomic E-state index is 16.8. The first-order valence-corrected chi connectivity index (χ1v) is 15.0. The second-order valence-electron chi connectivity index (χ2n) is 11.7. The summed E-state index contributed by atoms with van der Waals surface area (Å²) in [5.74, 6) is -0.231. The Balaban J connectivity index is 1.52. The fraction of sp³-hybridized carbons (Fsp3) is 0.364. The largest absolute Gasteiger partial charge is 0.508 e. The van der Waals surface area contributed by atoms with Gasteiger partial charge in [-0.1, -0.05) is 42.4 Å². The first-order chi connectivity index (χ1) is 20.6. The maximum Gasteiger partial charge on any atom is 0.319 e. The molecule has 0 radical (unpaired) electrons. The van der Waals surface area contributed by atoms with Gasteiger partial charge in [-0.15, -0.1) is 0 Å². The van der Waals surface area contributed by atoms with Gasteiger partial charge in [-0.2, -0.15) is 9.97 Å². The van der Waals surface area contributed by atoms with E-state index in [1.165, 1.54) is 12.1 Å². The first-order valence-electron chi connectivity index (χ1n) is 14.6. The van der Waals surface area contributed by atoms with Crippen molar-refractivity contribution in [3.8, 4) is 22.9 Å². The zero-order valence-corrected chi connectivity index (χ0v) is 25.3. The van der Waals surface area contributed by atoms with E-state index in [-0.39, 0.29) is 52.0 Å². The molecule has 2 saturated heterocycles. The van der Waals surface area contributed by atoms with Gasteiger partial charge in [0.15, 0.2) is 5.82 Å². The smallest absolute Gasteiger partial charge is 0.319 e. The maximum atomic E-state index is 16.8. The number of benzene rings is 3. The molecule has 1 aromatic heterocycles. The second-order valence-corrected chi connectivity index (χ2v) is 12.1. The van der Waals surface area contributed by atoms with Crippen LogP contribution in [0.15, 0.2) is 55.1 Å². The summed E-state index contributed by atoms with van der Waals surface area (Å²) in [4.78, 5) is 28.1. The number of hydrogen-bond donors (Lipinski definition) is 1. The monoisotopic (exact) mass is 603 g/mol. The van der Waals surface area contributed by atoms with Crippen molar-refractivity contribution in [2.75, 3.05) is 38.1 Å². The molecule has 3 aromatic carbocycles. The summed E-state index contributed by atoms with van der Waals surface area (Å²) in [6.07, 6.45) is 2.86. The predicted molar refractivity (Wildman–Crippen MR) is 168 cm³/mol. The van der Waals surface area contributed by atoms with Crippen LogP contribution in [0.3, 0.4) is 0 Å². The van der Waals surface area contributed by atoms with Gasteiger partial charge in [0.2, 0.25) is 5.91 Å². The van der Waals surface area contributed by atoms with Gasteiger partial charge in [0, 0.05) is 49.2 Å². The van der Waals surface area contributed by atoms with Gasteiger partial charge in [0.25, 0.3) is 0 Å². The number of rotatable bonds is 5. The van der Waals surface area contributed by atoms with Gasteiger partial charge >= 0.3 is 6.01 Å². The summed E-state index contributed by atoms with van der Waals surface area (Å²) in [5.41, 5.74) is 0.708. The predicted octanol–water partition coefficient (Wildman–Crippen LogP) is 6.03. The number of amides is 1. The molecule has 3 heterocycles. The number of piperidine rings is 1. The van der Waals surface area contributed by atoms with Crippen molar-refractivity contribution in [3.05, 3.63) is 66.0 Å². The van der Waals surface area contributed by atoms with Crippen molar-refractivity contribution in [3.63, 3.8) is 0 Å². The molecule has 2 aliphatic rings. The van der Waals surface area contributed by atoms with E-state index >= 15 is 4.39 Å². The van der Waals surface area contributed by atoms with Crippen LogP contribution in [0.5, 0.6) is 11.8 Å². The fourth-order valence-electron chi connectivity index (χ4n) is 6.28. The number of aromatic nitrogens is 2. The summed E-state index contributed by atoms with van der Waals surface area (Å²) in [5, 5.41) is 12.6. The van der Waals surface area contributed by atoms with E-state index in [0.29, 0.717) is 29.9 Å². The first kappa shape index (κ1) is 29.1. The number of anilines is 1. The van der Waals surface area contributed by atoms with Crippen molar-refractivity contribution < 1.29 is 19.0 Å². The minimum atomic E-state index is -0.615. The molecular weight excluding hydrogens is 569 g/mol. The molecule has 6 rings (SSSR count). The van der Waals surface area contributed by atoms with Crippen molar-refractivity contribution >= 4 is 45.0 Å². The van der Waals surface area contributed by atoms with E-state index in [1.807, 2.05) is 38.1 Å². The number of likely N-dealkylation sites (tertiary alicyclic amines) is 1. The molecule has 4 aromatic rings. The van der Waals surface area contributed by atoms with Crippen LogP contribution in [0.2, 0.25) is 5.02 Å². The van der Waals surface area contributed by atoms with Crippen LogP contribution in [0.1, 0.15) is 26.7 Å². The lowest BCUT2D eigenvalue weighted by molar-refractivity contribution is -0.128. The van der Waals surface area contributed by atoms with Crippen molar-refractivity contribution in [1.82, 2.24) is 19.8 Å². The number of aromatic hydroxyl groups is 1. The highest BCUT2D eigenvalue weighted by atomic mass is 35.5. The molecule has 0 aliphatic carbocycles. The summed E-state index contributed by atoms with van der Waals surface area (Å²) < 4.78 is 23.1. The number of phenolic OH excluding ortho intramolecular Hbond substituents is 1. The van der Waals surface area contributed by atoms with E-state index in [9.17, 15) is 9.90 Å². The highest BCUT2D eigenvalue weighted by molar-refractivity contribution is 6.35. The third-order valence-electron chi connectivity index (χ3n) is 8.61. The molecule has 0 unspecified atom stereocenters. The minimum Gasteiger partial charge on any atom is -0.508 e. The van der Waals surface area contributed by atoms with E-state index in [4.69, 9.17) is 21.3 Å². The number of halogens is 2. The number of carbonyl (C=O) groups is 1. The molecule has 0 saturated carbocycles. The van der Waals surface area contributed by atoms with Crippen molar-refractivity contribution in [1.29, 1.82) is 0 Å². The molecule has 1 N–H and O–H groups in total. The van der Waals surface area contributed by atoms with E-state index in [2.05, 4.69) is 28.4 Å². The molecule has 2 atom stereocenters. The molecule has 8 nitrogen and oxygen atoms in total. The highest BCUT2D eigenvalue weighted by Gasteiger charge is 2.34. The van der Waals surface area contributed by atoms with Crippen LogP contribution in [0.4, 0.5) is 10.2 Å². The van der Waals surface area contributed by atoms with Gasteiger partial charge in [-0.25, -0.2) is 4.39 Å². The number of ether oxygens (including phenoxy) is 1. The topological polar surface area (TPSA) is 82.0 Å². The molecule has 43 heavy (non-hydrogen) atoms. The van der Waals surface area contributed by atoms with E-state index in [0.717, 1.165) is 36.7 Å². The lowest BCUT2D eigenvalue weighted by atomic mass is 9.96. The van der Waals surface area contributed by atoms with Crippen LogP contribution < -0.4 is 9.64 Å². The average molecular weight is 604 g/mol. The molecule has 0 bridgehead atoms. The standard InChI is InChI=1S/C33H35ClFN5O3/c1-5-28(42)39-17-20(3)40(18-19(39)2)32-26-16-27(34)29(25-15-22(41)14-21-8-6-7-9-24(21)25)30(35)31(26)36-33(37-32)43-23-10-12-38(4)13-11-23/h5-9,14-16,19-20,23,41H,1,10-13,17-18H2,2-4H3/t19-,20+/m1/s1. The molecule has 10 heteroatoms. The number of carbonyl (C=O) groups excluding carboxylic acids is 1. The third-order valence-corrected chi connectivity index (χ3v) is 8.91. The average Bonchev–Trinajstić information content (AvgIpc) is 2.99. The Hall–Kier alpha value is -3.95. The molecule has 2 fully saturated rings. The van der Waals surface area contributed by atoms with Gasteiger partial charge in [-0.3, -0.25) is 4.79 Å². The van der Waals surface area contributed by atoms with Crippen LogP contribution in [-0.4, -0.2) is 82.2 Å². The lowest BCUT2D eigenvalue weighted by Gasteiger charge is -2.44. The molecule has 1 amide bonds.